The zero-order chi connectivity index (χ0) is 10.8. The van der Waals surface area contributed by atoms with E-state index in [-0.39, 0.29) is 5.91 Å². The van der Waals surface area contributed by atoms with Gasteiger partial charge >= 0.3 is 0 Å². The topological polar surface area (TPSA) is 38.1 Å². The summed E-state index contributed by atoms with van der Waals surface area (Å²) in [7, 11) is 0. The highest BCUT2D eigenvalue weighted by Crippen LogP contribution is 2.12. The predicted molar refractivity (Wildman–Crippen MR) is 57.7 cm³/mol. The summed E-state index contributed by atoms with van der Waals surface area (Å²) in [6, 6.07) is 2.12. The summed E-state index contributed by atoms with van der Waals surface area (Å²) in [5.74, 6) is 0.0758. The molecule has 1 aliphatic heterocycles. The molecule has 1 aliphatic rings. The van der Waals surface area contributed by atoms with Crippen LogP contribution in [0.2, 0.25) is 0 Å². The molecule has 1 aromatic heterocycles. The van der Waals surface area contributed by atoms with Gasteiger partial charge in [-0.2, -0.15) is 5.10 Å². The fourth-order valence-corrected chi connectivity index (χ4v) is 1.82. The van der Waals surface area contributed by atoms with Crippen LogP contribution in [0.15, 0.2) is 12.3 Å². The minimum absolute atomic E-state index is 0.0758. The number of hydrogen-bond acceptors (Lipinski definition) is 2. The van der Waals surface area contributed by atoms with Gasteiger partial charge in [0.05, 0.1) is 0 Å². The van der Waals surface area contributed by atoms with E-state index in [1.165, 1.54) is 0 Å². The highest BCUT2D eigenvalue weighted by atomic mass is 16.2. The van der Waals surface area contributed by atoms with Gasteiger partial charge in [0, 0.05) is 25.3 Å². The molecule has 1 fully saturated rings. The van der Waals surface area contributed by atoms with E-state index in [4.69, 9.17) is 0 Å². The second-order valence-electron chi connectivity index (χ2n) is 4.27. The van der Waals surface area contributed by atoms with Crippen molar-refractivity contribution in [2.75, 3.05) is 13.1 Å². The first kappa shape index (κ1) is 10.2. The van der Waals surface area contributed by atoms with Gasteiger partial charge in [-0.05, 0) is 32.8 Å². The smallest absolute Gasteiger partial charge is 0.274 e. The highest BCUT2D eigenvalue weighted by Gasteiger charge is 2.21. The van der Waals surface area contributed by atoms with Gasteiger partial charge in [0.2, 0.25) is 0 Å². The predicted octanol–water partition coefficient (Wildman–Crippen LogP) is 1.70. The molecule has 0 radical (unpaired) electrons. The van der Waals surface area contributed by atoms with Crippen LogP contribution in [0.1, 0.15) is 43.2 Å². The fraction of sp³-hybridized carbons (Fsp3) is 0.636. The molecule has 0 aromatic carbocycles. The lowest BCUT2D eigenvalue weighted by molar-refractivity contribution is 0.0786. The quantitative estimate of drug-likeness (QED) is 0.740. The Bertz CT molecular complexity index is 350. The maximum absolute atomic E-state index is 11.9. The summed E-state index contributed by atoms with van der Waals surface area (Å²) in [6.07, 6.45) is 4.11. The van der Waals surface area contributed by atoms with Gasteiger partial charge < -0.3 is 4.90 Å². The summed E-state index contributed by atoms with van der Waals surface area (Å²) >= 11 is 0. The molecule has 0 aliphatic carbocycles. The van der Waals surface area contributed by atoms with E-state index in [9.17, 15) is 4.79 Å². The Morgan fingerprint density at radius 2 is 2.07 bits per heavy atom. The van der Waals surface area contributed by atoms with Gasteiger partial charge in [-0.15, -0.1) is 0 Å². The Morgan fingerprint density at radius 1 is 1.40 bits per heavy atom. The summed E-state index contributed by atoms with van der Waals surface area (Å²) in [5.41, 5.74) is 0.575. The van der Waals surface area contributed by atoms with E-state index in [0.717, 1.165) is 25.9 Å². The zero-order valence-corrected chi connectivity index (χ0v) is 9.31. The monoisotopic (exact) mass is 207 g/mol. The second kappa shape index (κ2) is 4.04. The van der Waals surface area contributed by atoms with Crippen molar-refractivity contribution < 1.29 is 4.79 Å². The molecule has 0 spiro atoms. The lowest BCUT2D eigenvalue weighted by atomic mass is 10.4. The van der Waals surface area contributed by atoms with Crippen LogP contribution in [-0.2, 0) is 0 Å². The number of aromatic nitrogens is 2. The van der Waals surface area contributed by atoms with Gasteiger partial charge in [0.25, 0.3) is 5.91 Å². The molecule has 15 heavy (non-hydrogen) atoms. The minimum atomic E-state index is 0.0758. The molecule has 0 N–H and O–H groups in total. The third-order valence-electron chi connectivity index (χ3n) is 2.75. The molecule has 0 atom stereocenters. The van der Waals surface area contributed by atoms with E-state index in [1.54, 1.807) is 6.07 Å². The van der Waals surface area contributed by atoms with Crippen molar-refractivity contribution in [1.82, 2.24) is 14.7 Å². The molecule has 0 saturated carbocycles. The Labute approximate surface area is 89.9 Å². The third kappa shape index (κ3) is 2.03. The van der Waals surface area contributed by atoms with Crippen molar-refractivity contribution in [3.8, 4) is 0 Å². The number of likely N-dealkylation sites (tertiary alicyclic amines) is 1. The summed E-state index contributed by atoms with van der Waals surface area (Å²) in [5, 5.41) is 4.28. The number of nitrogens with zero attached hydrogens (tertiary/aromatic N) is 3. The Hall–Kier alpha value is -1.32. The summed E-state index contributed by atoms with van der Waals surface area (Å²) < 4.78 is 1.82. The Morgan fingerprint density at radius 3 is 2.60 bits per heavy atom. The number of rotatable bonds is 2. The maximum Gasteiger partial charge on any atom is 0.274 e. The van der Waals surface area contributed by atoms with Crippen molar-refractivity contribution in [2.45, 2.75) is 32.7 Å². The molecule has 1 aromatic rings. The highest BCUT2D eigenvalue weighted by molar-refractivity contribution is 5.92. The molecule has 2 rings (SSSR count). The van der Waals surface area contributed by atoms with E-state index >= 15 is 0 Å². The number of hydrogen-bond donors (Lipinski definition) is 0. The van der Waals surface area contributed by atoms with Crippen LogP contribution < -0.4 is 0 Å². The first-order valence-electron chi connectivity index (χ1n) is 5.53. The lowest BCUT2D eigenvalue weighted by Gasteiger charge is -2.13. The van der Waals surface area contributed by atoms with Crippen LogP contribution in [0.5, 0.6) is 0 Å². The van der Waals surface area contributed by atoms with Crippen molar-refractivity contribution >= 4 is 5.91 Å². The Balaban J connectivity index is 2.11. The Kier molecular flexibility index (Phi) is 2.75. The van der Waals surface area contributed by atoms with Gasteiger partial charge in [0.15, 0.2) is 0 Å². The molecule has 4 nitrogen and oxygen atoms in total. The van der Waals surface area contributed by atoms with Crippen molar-refractivity contribution in [2.24, 2.45) is 0 Å². The van der Waals surface area contributed by atoms with Gasteiger partial charge in [-0.3, -0.25) is 9.48 Å². The van der Waals surface area contributed by atoms with Crippen LogP contribution in [0, 0.1) is 0 Å². The number of carbonyl (C=O) groups excluding carboxylic acids is 1. The van der Waals surface area contributed by atoms with Crippen LogP contribution in [-0.4, -0.2) is 33.7 Å². The van der Waals surface area contributed by atoms with E-state index in [1.807, 2.05) is 15.8 Å². The summed E-state index contributed by atoms with van der Waals surface area (Å²) in [6.45, 7) is 5.87. The average molecular weight is 207 g/mol. The SMILES string of the molecule is CC(C)n1ccc(C(=O)N2CCCC2)n1. The number of amides is 1. The van der Waals surface area contributed by atoms with Gasteiger partial charge in [-0.1, -0.05) is 0 Å². The van der Waals surface area contributed by atoms with E-state index < -0.39 is 0 Å². The standard InChI is InChI=1S/C11H17N3O/c1-9(2)14-8-5-10(12-14)11(15)13-6-3-4-7-13/h5,8-9H,3-4,6-7H2,1-2H3. The lowest BCUT2D eigenvalue weighted by Crippen LogP contribution is -2.28. The van der Waals surface area contributed by atoms with Crippen molar-refractivity contribution in [1.29, 1.82) is 0 Å². The van der Waals surface area contributed by atoms with Crippen molar-refractivity contribution in [3.05, 3.63) is 18.0 Å². The fourth-order valence-electron chi connectivity index (χ4n) is 1.82. The molecule has 4 heteroatoms. The molecular formula is C11H17N3O. The molecular weight excluding hydrogens is 190 g/mol. The van der Waals surface area contributed by atoms with Gasteiger partial charge in [0.1, 0.15) is 5.69 Å². The first-order valence-corrected chi connectivity index (χ1v) is 5.53. The van der Waals surface area contributed by atoms with E-state index in [2.05, 4.69) is 18.9 Å². The normalized spacial score (nSPS) is 16.3. The molecule has 82 valence electrons. The molecule has 1 amide bonds. The molecule has 0 unspecified atom stereocenters. The first-order chi connectivity index (χ1) is 7.18. The van der Waals surface area contributed by atoms with Crippen molar-refractivity contribution in [3.63, 3.8) is 0 Å². The average Bonchev–Trinajstić information content (AvgIpc) is 2.88. The number of carbonyl (C=O) groups is 1. The second-order valence-corrected chi connectivity index (χ2v) is 4.27. The van der Waals surface area contributed by atoms with Gasteiger partial charge in [-0.25, -0.2) is 0 Å². The largest absolute Gasteiger partial charge is 0.337 e. The summed E-state index contributed by atoms with van der Waals surface area (Å²) in [4.78, 5) is 13.8. The minimum Gasteiger partial charge on any atom is -0.337 e. The van der Waals surface area contributed by atoms with Crippen LogP contribution in [0.25, 0.3) is 0 Å². The van der Waals surface area contributed by atoms with Crippen LogP contribution in [0.4, 0.5) is 0 Å². The van der Waals surface area contributed by atoms with Crippen LogP contribution >= 0.6 is 0 Å². The third-order valence-corrected chi connectivity index (χ3v) is 2.75. The molecule has 2 heterocycles. The van der Waals surface area contributed by atoms with Crippen LogP contribution in [0.3, 0.4) is 0 Å². The zero-order valence-electron chi connectivity index (χ0n) is 9.31. The maximum atomic E-state index is 11.9. The van der Waals surface area contributed by atoms with E-state index in [0.29, 0.717) is 11.7 Å². The molecule has 0 bridgehead atoms. The molecule has 1 saturated heterocycles.